The van der Waals surface area contributed by atoms with Crippen molar-refractivity contribution in [2.75, 3.05) is 33.0 Å². The zero-order valence-corrected chi connectivity index (χ0v) is 33.3. The van der Waals surface area contributed by atoms with Gasteiger partial charge in [0.05, 0.1) is 26.4 Å². The molecule has 0 aliphatic carbocycles. The first kappa shape index (κ1) is 49.2. The van der Waals surface area contributed by atoms with E-state index in [-0.39, 0.29) is 19.6 Å². The van der Waals surface area contributed by atoms with Gasteiger partial charge >= 0.3 is 13.8 Å². The third-order valence-corrected chi connectivity index (χ3v) is 9.90. The zero-order valence-electron chi connectivity index (χ0n) is 32.4. The van der Waals surface area contributed by atoms with E-state index in [1.54, 1.807) is 0 Å². The molecule has 50 heavy (non-hydrogen) atoms. The molecule has 0 fully saturated rings. The Labute approximate surface area is 307 Å². The van der Waals surface area contributed by atoms with Crippen LogP contribution in [0.4, 0.5) is 0 Å². The van der Waals surface area contributed by atoms with Crippen LogP contribution >= 0.6 is 7.82 Å². The number of carbonyl (C=O) groups is 1. The van der Waals surface area contributed by atoms with Gasteiger partial charge in [-0.15, -0.1) is 0 Å². The van der Waals surface area contributed by atoms with Crippen molar-refractivity contribution < 1.29 is 43.0 Å². The Balaban J connectivity index is 4.11. The fourth-order valence-electron chi connectivity index (χ4n) is 5.75. The highest BCUT2D eigenvalue weighted by Crippen LogP contribution is 2.43. The number of allylic oxidation sites excluding steroid dienone is 2. The molecule has 9 nitrogen and oxygen atoms in total. The Kier molecular flexibility index (Phi) is 37.3. The van der Waals surface area contributed by atoms with Crippen molar-refractivity contribution >= 4 is 13.8 Å². The molecule has 0 aliphatic rings. The molecule has 0 heterocycles. The molecule has 0 aromatic rings. The molecule has 3 N–H and O–H groups in total. The second-order valence-electron chi connectivity index (χ2n) is 14.0. The first-order valence-electron chi connectivity index (χ1n) is 20.7. The van der Waals surface area contributed by atoms with Crippen LogP contribution in [0.25, 0.3) is 0 Å². The predicted octanol–water partition coefficient (Wildman–Crippen LogP) is 10.9. The number of unbranched alkanes of at least 4 members (excludes halogenated alkanes) is 24. The molecule has 0 bridgehead atoms. The summed E-state index contributed by atoms with van der Waals surface area (Å²) in [7, 11) is -4.51. The van der Waals surface area contributed by atoms with Crippen LogP contribution in [0, 0.1) is 0 Å². The molecule has 3 unspecified atom stereocenters. The van der Waals surface area contributed by atoms with E-state index >= 15 is 0 Å². The summed E-state index contributed by atoms with van der Waals surface area (Å²) in [4.78, 5) is 22.5. The summed E-state index contributed by atoms with van der Waals surface area (Å²) in [6, 6.07) is 0. The quantitative estimate of drug-likeness (QED) is 0.0243. The average Bonchev–Trinajstić information content (AvgIpc) is 3.10. The Morgan fingerprint density at radius 3 is 1.56 bits per heavy atom. The third-order valence-electron chi connectivity index (χ3n) is 8.95. The minimum atomic E-state index is -4.51. The molecule has 0 aromatic heterocycles. The molecule has 0 radical (unpaired) electrons. The van der Waals surface area contributed by atoms with Gasteiger partial charge in [0.15, 0.2) is 0 Å². The van der Waals surface area contributed by atoms with Crippen LogP contribution < -0.4 is 0 Å². The first-order valence-corrected chi connectivity index (χ1v) is 22.2. The third kappa shape index (κ3) is 37.0. The lowest BCUT2D eigenvalue weighted by atomic mass is 10.0. The highest BCUT2D eigenvalue weighted by Gasteiger charge is 2.26. The van der Waals surface area contributed by atoms with E-state index in [9.17, 15) is 19.4 Å². The van der Waals surface area contributed by atoms with Gasteiger partial charge in [0.2, 0.25) is 0 Å². The molecule has 0 saturated heterocycles. The predicted molar refractivity (Wildman–Crippen MR) is 205 cm³/mol. The lowest BCUT2D eigenvalue weighted by Crippen LogP contribution is -2.29. The molecule has 10 heteroatoms. The van der Waals surface area contributed by atoms with Gasteiger partial charge in [0.1, 0.15) is 12.2 Å². The van der Waals surface area contributed by atoms with E-state index in [4.69, 9.17) is 23.6 Å². The lowest BCUT2D eigenvalue weighted by molar-refractivity contribution is -0.154. The standard InChI is InChI=1S/C40H79O9P/c1-3-5-7-9-11-13-15-16-17-18-19-20-21-23-25-27-29-31-33-46-36-39(37-48-50(44,45)47-35-38(42)34-41)49-40(43)32-30-28-26-24-22-14-12-10-8-6-4-2/h10,12,38-39,41-42H,3-9,11,13-37H2,1-2H3,(H,44,45)/b12-10-. The highest BCUT2D eigenvalue weighted by molar-refractivity contribution is 7.47. The van der Waals surface area contributed by atoms with Gasteiger partial charge in [0, 0.05) is 13.0 Å². The molecule has 0 amide bonds. The number of phosphoric ester groups is 1. The van der Waals surface area contributed by atoms with E-state index in [2.05, 4.69) is 26.0 Å². The summed E-state index contributed by atoms with van der Waals surface area (Å²) in [5.41, 5.74) is 0. The van der Waals surface area contributed by atoms with Crippen LogP contribution in [0.2, 0.25) is 0 Å². The van der Waals surface area contributed by atoms with Crippen LogP contribution in [-0.2, 0) is 27.9 Å². The smallest absolute Gasteiger partial charge is 0.457 e. The van der Waals surface area contributed by atoms with Crippen molar-refractivity contribution in [1.29, 1.82) is 0 Å². The van der Waals surface area contributed by atoms with Gasteiger partial charge in [0.25, 0.3) is 0 Å². The number of hydrogen-bond donors (Lipinski definition) is 3. The number of carbonyl (C=O) groups excluding carboxylic acids is 1. The molecule has 298 valence electrons. The molecular weight excluding hydrogens is 655 g/mol. The van der Waals surface area contributed by atoms with E-state index in [1.165, 1.54) is 116 Å². The van der Waals surface area contributed by atoms with Crippen molar-refractivity contribution in [3.8, 4) is 0 Å². The topological polar surface area (TPSA) is 132 Å². The van der Waals surface area contributed by atoms with Crippen LogP contribution in [0.15, 0.2) is 12.2 Å². The molecule has 0 spiro atoms. The molecule has 0 rings (SSSR count). The summed E-state index contributed by atoms with van der Waals surface area (Å²) >= 11 is 0. The zero-order chi connectivity index (χ0) is 36.8. The van der Waals surface area contributed by atoms with E-state index < -0.39 is 39.2 Å². The summed E-state index contributed by atoms with van der Waals surface area (Å²) in [5, 5.41) is 18.3. The van der Waals surface area contributed by atoms with Crippen molar-refractivity contribution in [2.24, 2.45) is 0 Å². The van der Waals surface area contributed by atoms with Crippen molar-refractivity contribution in [2.45, 2.75) is 206 Å². The normalized spacial score (nSPS) is 14.3. The van der Waals surface area contributed by atoms with Gasteiger partial charge in [-0.2, -0.15) is 0 Å². The minimum absolute atomic E-state index is 0.0513. The average molecular weight is 735 g/mol. The van der Waals surface area contributed by atoms with Gasteiger partial charge < -0.3 is 24.6 Å². The summed E-state index contributed by atoms with van der Waals surface area (Å²) in [6.07, 6.45) is 36.0. The van der Waals surface area contributed by atoms with Crippen molar-refractivity contribution in [3.63, 3.8) is 0 Å². The van der Waals surface area contributed by atoms with Crippen molar-refractivity contribution in [3.05, 3.63) is 12.2 Å². The molecular formula is C40H79O9P. The van der Waals surface area contributed by atoms with Crippen LogP contribution in [0.3, 0.4) is 0 Å². The number of aliphatic hydroxyl groups excluding tert-OH is 2. The maximum atomic E-state index is 12.5. The number of esters is 1. The molecule has 0 aromatic carbocycles. The summed E-state index contributed by atoms with van der Waals surface area (Å²) in [6.45, 7) is 3.50. The SMILES string of the molecule is CCCC/C=C\CCCCCCCC(=O)OC(COCCCCCCCCCCCCCCCCCCCC)COP(=O)(O)OCC(O)CO. The monoisotopic (exact) mass is 735 g/mol. The van der Waals surface area contributed by atoms with E-state index in [0.717, 1.165) is 57.8 Å². The van der Waals surface area contributed by atoms with Crippen molar-refractivity contribution in [1.82, 2.24) is 0 Å². The Morgan fingerprint density at radius 1 is 0.600 bits per heavy atom. The maximum absolute atomic E-state index is 12.5. The molecule has 0 saturated carbocycles. The van der Waals surface area contributed by atoms with Gasteiger partial charge in [-0.1, -0.05) is 167 Å². The Hall–Kier alpha value is -0.800. The van der Waals surface area contributed by atoms with Crippen LogP contribution in [0.5, 0.6) is 0 Å². The first-order chi connectivity index (χ1) is 24.3. The summed E-state index contributed by atoms with van der Waals surface area (Å²) < 4.78 is 33.3. The lowest BCUT2D eigenvalue weighted by Gasteiger charge is -2.20. The van der Waals surface area contributed by atoms with E-state index in [0.29, 0.717) is 6.61 Å². The van der Waals surface area contributed by atoms with Gasteiger partial charge in [-0.3, -0.25) is 13.8 Å². The molecule has 0 aliphatic heterocycles. The molecule has 3 atom stereocenters. The number of hydrogen-bond acceptors (Lipinski definition) is 8. The summed E-state index contributed by atoms with van der Waals surface area (Å²) in [5.74, 6) is -0.390. The number of phosphoric acid groups is 1. The largest absolute Gasteiger partial charge is 0.472 e. The van der Waals surface area contributed by atoms with Gasteiger partial charge in [-0.05, 0) is 32.1 Å². The fraction of sp³-hybridized carbons (Fsp3) is 0.925. The maximum Gasteiger partial charge on any atom is 0.472 e. The second-order valence-corrected chi connectivity index (χ2v) is 15.5. The number of ether oxygens (including phenoxy) is 2. The Bertz CT molecular complexity index is 795. The highest BCUT2D eigenvalue weighted by atomic mass is 31.2. The number of aliphatic hydroxyl groups is 2. The fourth-order valence-corrected chi connectivity index (χ4v) is 6.54. The number of rotatable bonds is 40. The van der Waals surface area contributed by atoms with Gasteiger partial charge in [-0.25, -0.2) is 4.57 Å². The van der Waals surface area contributed by atoms with E-state index in [1.807, 2.05) is 0 Å². The van der Waals surface area contributed by atoms with Crippen LogP contribution in [-0.4, -0.2) is 66.3 Å². The Morgan fingerprint density at radius 2 is 1.04 bits per heavy atom. The minimum Gasteiger partial charge on any atom is -0.457 e. The van der Waals surface area contributed by atoms with Crippen LogP contribution in [0.1, 0.15) is 194 Å². The second kappa shape index (κ2) is 37.9.